The molecule has 0 aliphatic carbocycles. The van der Waals surface area contributed by atoms with Crippen molar-refractivity contribution in [3.63, 3.8) is 0 Å². The number of carbonyl (C=O) groups is 1. The topological polar surface area (TPSA) is 23.6 Å². The van der Waals surface area contributed by atoms with Crippen LogP contribution >= 0.6 is 0 Å². The molecule has 2 saturated heterocycles. The molecule has 0 aromatic heterocycles. The highest BCUT2D eigenvalue weighted by Crippen LogP contribution is 2.42. The predicted molar refractivity (Wildman–Crippen MR) is 75.9 cm³/mol. The Morgan fingerprint density at radius 1 is 1.14 bits per heavy atom. The van der Waals surface area contributed by atoms with Gasteiger partial charge in [-0.2, -0.15) is 0 Å². The number of rotatable bonds is 2. The molecule has 2 bridgehead atoms. The van der Waals surface area contributed by atoms with E-state index in [1.807, 2.05) is 30.3 Å². The third kappa shape index (κ3) is 2.79. The second kappa shape index (κ2) is 5.37. The molecule has 2 atom stereocenters. The van der Waals surface area contributed by atoms with Gasteiger partial charge in [-0.3, -0.25) is 9.69 Å². The smallest absolute Gasteiger partial charge is 0.259 e. The van der Waals surface area contributed by atoms with Crippen LogP contribution in [0.4, 0.5) is 8.78 Å². The third-order valence-electron chi connectivity index (χ3n) is 4.62. The Morgan fingerprint density at radius 3 is 2.24 bits per heavy atom. The van der Waals surface area contributed by atoms with E-state index in [1.54, 1.807) is 4.90 Å². The Kier molecular flexibility index (Phi) is 3.69. The van der Waals surface area contributed by atoms with Crippen molar-refractivity contribution in [3.05, 3.63) is 35.9 Å². The van der Waals surface area contributed by atoms with Gasteiger partial charge in [-0.25, -0.2) is 8.78 Å². The van der Waals surface area contributed by atoms with E-state index in [1.165, 1.54) is 6.92 Å². The molecule has 1 amide bonds. The Labute approximate surface area is 123 Å². The second-order valence-corrected chi connectivity index (χ2v) is 6.17. The summed E-state index contributed by atoms with van der Waals surface area (Å²) < 4.78 is 28.6. The Balaban J connectivity index is 1.72. The van der Waals surface area contributed by atoms with Crippen LogP contribution in [0.1, 0.15) is 12.5 Å². The standard InChI is InChI=1S/C16H20F2N2O/c1-12(21)20-10-14-8-19(7-13-5-3-2-4-6-13)9-15(11-20)16(14,17)18/h2-6,14-15H,7-11H2,1H3. The van der Waals surface area contributed by atoms with Gasteiger partial charge in [-0.1, -0.05) is 30.3 Å². The number of hydrogen-bond donors (Lipinski definition) is 0. The molecule has 2 aliphatic heterocycles. The fourth-order valence-electron chi connectivity index (χ4n) is 3.47. The SMILES string of the molecule is CC(=O)N1CC2CN(Cc3ccccc3)CC(C1)C2(F)F. The molecular formula is C16H20F2N2O. The third-order valence-corrected chi connectivity index (χ3v) is 4.62. The molecule has 1 aromatic carbocycles. The first-order valence-electron chi connectivity index (χ1n) is 7.36. The number of likely N-dealkylation sites (tertiary alicyclic amines) is 2. The minimum absolute atomic E-state index is 0.1000. The molecule has 3 rings (SSSR count). The first-order chi connectivity index (χ1) is 9.96. The summed E-state index contributed by atoms with van der Waals surface area (Å²) in [5.41, 5.74) is 1.14. The molecule has 2 fully saturated rings. The Bertz CT molecular complexity index is 502. The zero-order valence-corrected chi connectivity index (χ0v) is 12.1. The van der Waals surface area contributed by atoms with Gasteiger partial charge in [0.2, 0.25) is 5.91 Å². The van der Waals surface area contributed by atoms with E-state index < -0.39 is 17.8 Å². The largest absolute Gasteiger partial charge is 0.342 e. The molecule has 0 radical (unpaired) electrons. The van der Waals surface area contributed by atoms with Gasteiger partial charge in [0, 0.05) is 39.6 Å². The molecule has 21 heavy (non-hydrogen) atoms. The van der Waals surface area contributed by atoms with Crippen LogP contribution in [0.25, 0.3) is 0 Å². The van der Waals surface area contributed by atoms with Gasteiger partial charge in [-0.15, -0.1) is 0 Å². The minimum atomic E-state index is -2.65. The Morgan fingerprint density at radius 2 is 1.71 bits per heavy atom. The summed E-state index contributed by atoms with van der Waals surface area (Å²) in [6.45, 7) is 3.20. The van der Waals surface area contributed by atoms with Gasteiger partial charge in [0.05, 0.1) is 11.8 Å². The highest BCUT2D eigenvalue weighted by atomic mass is 19.3. The van der Waals surface area contributed by atoms with Crippen molar-refractivity contribution in [1.29, 1.82) is 0 Å². The van der Waals surface area contributed by atoms with Gasteiger partial charge in [-0.05, 0) is 5.56 Å². The molecule has 1 aromatic rings. The van der Waals surface area contributed by atoms with E-state index in [0.717, 1.165) is 5.56 Å². The van der Waals surface area contributed by atoms with Crippen molar-refractivity contribution < 1.29 is 13.6 Å². The van der Waals surface area contributed by atoms with Crippen molar-refractivity contribution in [1.82, 2.24) is 9.80 Å². The van der Waals surface area contributed by atoms with Crippen molar-refractivity contribution in [2.45, 2.75) is 19.4 Å². The fraction of sp³-hybridized carbons (Fsp3) is 0.562. The summed E-state index contributed by atoms with van der Waals surface area (Å²) in [5, 5.41) is 0. The molecule has 2 aliphatic rings. The first-order valence-corrected chi connectivity index (χ1v) is 7.36. The summed E-state index contributed by atoms with van der Waals surface area (Å²) in [6.07, 6.45) is 0. The number of carbonyl (C=O) groups excluding carboxylic acids is 1. The van der Waals surface area contributed by atoms with E-state index in [0.29, 0.717) is 19.6 Å². The fourth-order valence-corrected chi connectivity index (χ4v) is 3.47. The molecular weight excluding hydrogens is 274 g/mol. The summed E-state index contributed by atoms with van der Waals surface area (Å²) in [5.74, 6) is -4.26. The summed E-state index contributed by atoms with van der Waals surface area (Å²) in [7, 11) is 0. The zero-order chi connectivity index (χ0) is 15.0. The lowest BCUT2D eigenvalue weighted by Crippen LogP contribution is -2.63. The van der Waals surface area contributed by atoms with Crippen LogP contribution in [0.5, 0.6) is 0 Å². The number of amides is 1. The Hall–Kier alpha value is -1.49. The number of nitrogens with zero attached hydrogens (tertiary/aromatic N) is 2. The second-order valence-electron chi connectivity index (χ2n) is 6.17. The summed E-state index contributed by atoms with van der Waals surface area (Å²) in [4.78, 5) is 15.2. The van der Waals surface area contributed by atoms with Crippen LogP contribution in [0.2, 0.25) is 0 Å². The van der Waals surface area contributed by atoms with E-state index in [2.05, 4.69) is 4.90 Å². The molecule has 114 valence electrons. The first kappa shape index (κ1) is 14.4. The zero-order valence-electron chi connectivity index (χ0n) is 12.1. The van der Waals surface area contributed by atoms with Gasteiger partial charge in [0.25, 0.3) is 5.92 Å². The monoisotopic (exact) mass is 294 g/mol. The number of benzene rings is 1. The van der Waals surface area contributed by atoms with Crippen LogP contribution in [0, 0.1) is 11.8 Å². The van der Waals surface area contributed by atoms with Crippen LogP contribution in [-0.4, -0.2) is 47.8 Å². The van der Waals surface area contributed by atoms with Gasteiger partial charge >= 0.3 is 0 Å². The van der Waals surface area contributed by atoms with Crippen molar-refractivity contribution in [3.8, 4) is 0 Å². The molecule has 2 heterocycles. The number of alkyl halides is 2. The number of piperidine rings is 2. The molecule has 5 heteroatoms. The maximum absolute atomic E-state index is 14.3. The lowest BCUT2D eigenvalue weighted by molar-refractivity contribution is -0.191. The molecule has 2 unspecified atom stereocenters. The van der Waals surface area contributed by atoms with Gasteiger partial charge in [0.1, 0.15) is 0 Å². The van der Waals surface area contributed by atoms with E-state index >= 15 is 0 Å². The maximum Gasteiger partial charge on any atom is 0.259 e. The van der Waals surface area contributed by atoms with Crippen LogP contribution in [-0.2, 0) is 11.3 Å². The quantitative estimate of drug-likeness (QED) is 0.835. The van der Waals surface area contributed by atoms with Crippen LogP contribution in [0.3, 0.4) is 0 Å². The summed E-state index contributed by atoms with van der Waals surface area (Å²) >= 11 is 0. The van der Waals surface area contributed by atoms with E-state index in [-0.39, 0.29) is 19.0 Å². The number of hydrogen-bond acceptors (Lipinski definition) is 2. The lowest BCUT2D eigenvalue weighted by atomic mass is 9.80. The normalized spacial score (nSPS) is 28.4. The number of fused-ring (bicyclic) bond motifs is 2. The molecule has 0 spiro atoms. The predicted octanol–water partition coefficient (Wildman–Crippen LogP) is 2.23. The van der Waals surface area contributed by atoms with Crippen LogP contribution < -0.4 is 0 Å². The molecule has 0 N–H and O–H groups in total. The minimum Gasteiger partial charge on any atom is -0.342 e. The average molecular weight is 294 g/mol. The van der Waals surface area contributed by atoms with Crippen molar-refractivity contribution >= 4 is 5.91 Å². The van der Waals surface area contributed by atoms with Crippen molar-refractivity contribution in [2.24, 2.45) is 11.8 Å². The lowest BCUT2D eigenvalue weighted by Gasteiger charge is -2.50. The maximum atomic E-state index is 14.3. The van der Waals surface area contributed by atoms with Crippen molar-refractivity contribution in [2.75, 3.05) is 26.2 Å². The van der Waals surface area contributed by atoms with E-state index in [9.17, 15) is 13.6 Å². The van der Waals surface area contributed by atoms with Gasteiger partial charge < -0.3 is 4.90 Å². The highest BCUT2D eigenvalue weighted by molar-refractivity contribution is 5.73. The molecule has 0 saturated carbocycles. The molecule has 3 nitrogen and oxygen atoms in total. The number of halogens is 2. The average Bonchev–Trinajstić information content (AvgIpc) is 2.40. The summed E-state index contributed by atoms with van der Waals surface area (Å²) in [6, 6.07) is 9.92. The van der Waals surface area contributed by atoms with Crippen LogP contribution in [0.15, 0.2) is 30.3 Å². The highest BCUT2D eigenvalue weighted by Gasteiger charge is 2.55. The van der Waals surface area contributed by atoms with Gasteiger partial charge in [0.15, 0.2) is 0 Å². The van der Waals surface area contributed by atoms with E-state index in [4.69, 9.17) is 0 Å².